The number of aryl methyl sites for hydroxylation is 2. The van der Waals surface area contributed by atoms with E-state index in [1.165, 1.54) is 12.1 Å². The van der Waals surface area contributed by atoms with Crippen molar-refractivity contribution < 1.29 is 18.0 Å². The van der Waals surface area contributed by atoms with Crippen LogP contribution in [-0.4, -0.2) is 50.3 Å². The van der Waals surface area contributed by atoms with Crippen LogP contribution in [0.2, 0.25) is 0 Å². The van der Waals surface area contributed by atoms with Gasteiger partial charge in [-0.2, -0.15) is 0 Å². The molecule has 0 bridgehead atoms. The van der Waals surface area contributed by atoms with E-state index < -0.39 is 28.5 Å². The van der Waals surface area contributed by atoms with E-state index >= 15 is 0 Å². The predicted molar refractivity (Wildman–Crippen MR) is 161 cm³/mol. The van der Waals surface area contributed by atoms with Gasteiger partial charge in [-0.25, -0.2) is 8.42 Å². The van der Waals surface area contributed by atoms with Crippen LogP contribution in [0.1, 0.15) is 50.3 Å². The Morgan fingerprint density at radius 3 is 2.05 bits per heavy atom. The maximum absolute atomic E-state index is 14.1. The summed E-state index contributed by atoms with van der Waals surface area (Å²) < 4.78 is 29.0. The second-order valence-electron chi connectivity index (χ2n) is 10.2. The van der Waals surface area contributed by atoms with Gasteiger partial charge in [0.15, 0.2) is 0 Å². The normalized spacial score (nSPS) is 12.8. The molecule has 0 saturated heterocycles. The summed E-state index contributed by atoms with van der Waals surface area (Å²) in [5, 5.41) is 3.00. The Morgan fingerprint density at radius 2 is 1.48 bits per heavy atom. The van der Waals surface area contributed by atoms with E-state index in [9.17, 15) is 18.0 Å². The lowest BCUT2D eigenvalue weighted by atomic mass is 10.1. The van der Waals surface area contributed by atoms with Gasteiger partial charge in [0.2, 0.25) is 11.8 Å². The molecule has 3 aromatic rings. The fourth-order valence-corrected chi connectivity index (χ4v) is 5.89. The summed E-state index contributed by atoms with van der Waals surface area (Å²) in [5.41, 5.74) is 3.36. The first kappa shape index (κ1) is 30.9. The van der Waals surface area contributed by atoms with Crippen LogP contribution in [0.3, 0.4) is 0 Å². The molecule has 0 fully saturated rings. The third kappa shape index (κ3) is 7.72. The Morgan fingerprint density at radius 1 is 0.850 bits per heavy atom. The molecular formula is C32H41N3O4S. The highest BCUT2D eigenvalue weighted by Gasteiger charge is 2.33. The van der Waals surface area contributed by atoms with Gasteiger partial charge in [-0.3, -0.25) is 13.9 Å². The number of nitrogens with one attached hydrogen (secondary N) is 1. The van der Waals surface area contributed by atoms with E-state index in [0.29, 0.717) is 18.5 Å². The van der Waals surface area contributed by atoms with Gasteiger partial charge in [0.1, 0.15) is 12.6 Å². The molecule has 2 amide bonds. The standard InChI is InChI=1S/C32H41N3O4S/c1-6-26(5)33-32(37)30(7-2)34(21-20-27-14-10-8-11-15-27)31(36)23-35(28-19-18-24(3)25(4)22-28)40(38,39)29-16-12-9-13-17-29/h8-19,22,26,30H,6-7,20-21,23H2,1-5H3,(H,33,37). The van der Waals surface area contributed by atoms with Crippen molar-refractivity contribution in [3.63, 3.8) is 0 Å². The maximum atomic E-state index is 14.1. The summed E-state index contributed by atoms with van der Waals surface area (Å²) in [6, 6.07) is 22.4. The number of benzene rings is 3. The largest absolute Gasteiger partial charge is 0.352 e. The minimum atomic E-state index is -4.07. The van der Waals surface area contributed by atoms with Gasteiger partial charge in [0.05, 0.1) is 10.6 Å². The van der Waals surface area contributed by atoms with Crippen LogP contribution in [0.25, 0.3) is 0 Å². The Hall–Kier alpha value is -3.65. The molecule has 0 aliphatic carbocycles. The Bertz CT molecular complexity index is 1380. The summed E-state index contributed by atoms with van der Waals surface area (Å²) >= 11 is 0. The molecule has 0 heterocycles. The molecule has 3 aromatic carbocycles. The molecule has 2 atom stereocenters. The molecule has 1 N–H and O–H groups in total. The van der Waals surface area contributed by atoms with Crippen molar-refractivity contribution >= 4 is 27.5 Å². The molecular weight excluding hydrogens is 522 g/mol. The SMILES string of the molecule is CCC(C)NC(=O)C(CC)N(CCc1ccccc1)C(=O)CN(c1ccc(C)c(C)c1)S(=O)(=O)c1ccccc1. The Balaban J connectivity index is 2.02. The predicted octanol–water partition coefficient (Wildman–Crippen LogP) is 5.26. The van der Waals surface area contributed by atoms with Crippen LogP contribution < -0.4 is 9.62 Å². The van der Waals surface area contributed by atoms with E-state index in [2.05, 4.69) is 5.32 Å². The summed E-state index contributed by atoms with van der Waals surface area (Å²) in [5.74, 6) is -0.665. The zero-order valence-corrected chi connectivity index (χ0v) is 24.9. The van der Waals surface area contributed by atoms with Gasteiger partial charge in [0.25, 0.3) is 10.0 Å². The number of sulfonamides is 1. The molecule has 7 nitrogen and oxygen atoms in total. The molecule has 0 aliphatic heterocycles. The monoisotopic (exact) mass is 563 g/mol. The lowest BCUT2D eigenvalue weighted by Gasteiger charge is -2.34. The number of carbonyl (C=O) groups is 2. The fraction of sp³-hybridized carbons (Fsp3) is 0.375. The number of amides is 2. The third-order valence-electron chi connectivity index (χ3n) is 7.26. The fourth-order valence-electron chi connectivity index (χ4n) is 4.47. The van der Waals surface area contributed by atoms with Gasteiger partial charge in [-0.15, -0.1) is 0 Å². The number of carbonyl (C=O) groups excluding carboxylic acids is 2. The van der Waals surface area contributed by atoms with Crippen molar-refractivity contribution in [1.29, 1.82) is 0 Å². The maximum Gasteiger partial charge on any atom is 0.264 e. The van der Waals surface area contributed by atoms with Crippen LogP contribution in [0.5, 0.6) is 0 Å². The van der Waals surface area contributed by atoms with Gasteiger partial charge in [0, 0.05) is 12.6 Å². The topological polar surface area (TPSA) is 86.8 Å². The first-order chi connectivity index (χ1) is 19.1. The first-order valence-corrected chi connectivity index (χ1v) is 15.3. The highest BCUT2D eigenvalue weighted by atomic mass is 32.2. The number of hydrogen-bond donors (Lipinski definition) is 1. The van der Waals surface area contributed by atoms with Crippen LogP contribution in [-0.2, 0) is 26.0 Å². The minimum absolute atomic E-state index is 0.0434. The van der Waals surface area contributed by atoms with Crippen LogP contribution >= 0.6 is 0 Å². The van der Waals surface area contributed by atoms with Crippen molar-refractivity contribution in [2.45, 2.75) is 70.9 Å². The average molecular weight is 564 g/mol. The van der Waals surface area contributed by atoms with Crippen molar-refractivity contribution in [3.8, 4) is 0 Å². The number of hydrogen-bond acceptors (Lipinski definition) is 4. The lowest BCUT2D eigenvalue weighted by molar-refractivity contribution is -0.139. The van der Waals surface area contributed by atoms with Crippen molar-refractivity contribution in [2.24, 2.45) is 0 Å². The molecule has 0 spiro atoms. The molecule has 2 unspecified atom stereocenters. The van der Waals surface area contributed by atoms with E-state index in [1.54, 1.807) is 35.2 Å². The molecule has 214 valence electrons. The smallest absolute Gasteiger partial charge is 0.264 e. The van der Waals surface area contributed by atoms with Crippen LogP contribution in [0.15, 0.2) is 83.8 Å². The molecule has 0 saturated carbocycles. The van der Waals surface area contributed by atoms with Crippen LogP contribution in [0, 0.1) is 13.8 Å². The van der Waals surface area contributed by atoms with Gasteiger partial charge in [-0.1, -0.05) is 68.4 Å². The molecule has 0 aliphatic rings. The molecule has 3 rings (SSSR count). The van der Waals surface area contributed by atoms with Crippen molar-refractivity contribution in [3.05, 3.63) is 95.6 Å². The molecule has 8 heteroatoms. The average Bonchev–Trinajstić information content (AvgIpc) is 2.96. The molecule has 0 aromatic heterocycles. The second kappa shape index (κ2) is 14.1. The quantitative estimate of drug-likeness (QED) is 0.307. The van der Waals surface area contributed by atoms with E-state index in [0.717, 1.165) is 27.4 Å². The summed E-state index contributed by atoms with van der Waals surface area (Å²) in [6.45, 7) is 9.49. The third-order valence-corrected chi connectivity index (χ3v) is 9.05. The zero-order chi connectivity index (χ0) is 29.3. The summed E-state index contributed by atoms with van der Waals surface area (Å²) in [6.07, 6.45) is 1.70. The van der Waals surface area contributed by atoms with E-state index in [4.69, 9.17) is 0 Å². The van der Waals surface area contributed by atoms with Gasteiger partial charge in [-0.05, 0) is 81.0 Å². The summed E-state index contributed by atoms with van der Waals surface area (Å²) in [4.78, 5) is 29.0. The van der Waals surface area contributed by atoms with Gasteiger partial charge < -0.3 is 10.2 Å². The number of nitrogens with zero attached hydrogens (tertiary/aromatic N) is 2. The lowest BCUT2D eigenvalue weighted by Crippen LogP contribution is -2.54. The van der Waals surface area contributed by atoms with Gasteiger partial charge >= 0.3 is 0 Å². The minimum Gasteiger partial charge on any atom is -0.352 e. The van der Waals surface area contributed by atoms with E-state index in [-0.39, 0.29) is 23.4 Å². The molecule has 0 radical (unpaired) electrons. The first-order valence-electron chi connectivity index (χ1n) is 13.9. The highest BCUT2D eigenvalue weighted by molar-refractivity contribution is 7.92. The van der Waals surface area contributed by atoms with Crippen molar-refractivity contribution in [1.82, 2.24) is 10.2 Å². The number of rotatable bonds is 13. The van der Waals surface area contributed by atoms with Crippen molar-refractivity contribution in [2.75, 3.05) is 17.4 Å². The Labute approximate surface area is 239 Å². The van der Waals surface area contributed by atoms with E-state index in [1.807, 2.05) is 71.0 Å². The number of anilines is 1. The van der Waals surface area contributed by atoms with Crippen LogP contribution in [0.4, 0.5) is 5.69 Å². The Kier molecular flexibility index (Phi) is 10.9. The highest BCUT2D eigenvalue weighted by Crippen LogP contribution is 2.26. The molecule has 40 heavy (non-hydrogen) atoms. The second-order valence-corrected chi connectivity index (χ2v) is 12.0. The summed E-state index contributed by atoms with van der Waals surface area (Å²) in [7, 11) is -4.07. The zero-order valence-electron chi connectivity index (χ0n) is 24.1.